The van der Waals surface area contributed by atoms with E-state index in [4.69, 9.17) is 4.42 Å². The maximum atomic E-state index is 7.06. The lowest BCUT2D eigenvalue weighted by atomic mass is 9.65. The third kappa shape index (κ3) is 4.96. The van der Waals surface area contributed by atoms with E-state index in [-0.39, 0.29) is 11.8 Å². The van der Waals surface area contributed by atoms with E-state index in [0.717, 1.165) is 50.1 Å². The number of allylic oxidation sites excluding steroid dienone is 3. The Bertz CT molecular complexity index is 4390. The molecule has 74 heavy (non-hydrogen) atoms. The molecule has 1 aromatic heterocycles. The number of benzene rings is 11. The van der Waals surface area contributed by atoms with E-state index in [9.17, 15) is 0 Å². The van der Waals surface area contributed by atoms with Crippen molar-refractivity contribution in [2.45, 2.75) is 16.7 Å². The number of anilines is 2. The lowest BCUT2D eigenvalue weighted by Gasteiger charge is -2.39. The maximum absolute atomic E-state index is 7.06. The van der Waals surface area contributed by atoms with Crippen LogP contribution in [0.25, 0.3) is 77.2 Å². The van der Waals surface area contributed by atoms with Gasteiger partial charge in [-0.1, -0.05) is 231 Å². The van der Waals surface area contributed by atoms with Crippen molar-refractivity contribution in [1.29, 1.82) is 0 Å². The summed E-state index contributed by atoms with van der Waals surface area (Å²) < 4.78 is 7.06. The van der Waals surface area contributed by atoms with E-state index in [0.29, 0.717) is 0 Å². The highest BCUT2D eigenvalue weighted by molar-refractivity contribution is 6.14. The number of hydrogen-bond donors (Lipinski definition) is 0. The Kier molecular flexibility index (Phi) is 8.01. The molecule has 0 saturated carbocycles. The molecule has 0 bridgehead atoms. The van der Waals surface area contributed by atoms with Gasteiger partial charge >= 0.3 is 0 Å². The average molecular weight is 940 g/mol. The highest BCUT2D eigenvalue weighted by Gasteiger charge is 2.58. The first-order valence-electron chi connectivity index (χ1n) is 26.1. The molecule has 0 radical (unpaired) electrons. The molecule has 5 aliphatic rings. The maximum Gasteiger partial charge on any atom is 0.143 e. The minimum Gasteiger partial charge on any atom is -0.455 e. The molecule has 344 valence electrons. The van der Waals surface area contributed by atoms with Gasteiger partial charge in [-0.3, -0.25) is 0 Å². The van der Waals surface area contributed by atoms with Gasteiger partial charge in [-0.25, -0.2) is 0 Å². The molecule has 0 fully saturated rings. The summed E-state index contributed by atoms with van der Waals surface area (Å²) in [5.41, 5.74) is 25.1. The van der Waals surface area contributed by atoms with Gasteiger partial charge in [0.15, 0.2) is 0 Å². The molecule has 0 saturated heterocycles. The van der Waals surface area contributed by atoms with Crippen molar-refractivity contribution in [2.24, 2.45) is 5.92 Å². The molecule has 0 aliphatic heterocycles. The number of nitrogens with zero attached hydrogens (tertiary/aromatic N) is 1. The summed E-state index contributed by atoms with van der Waals surface area (Å²) in [5.74, 6) is 0.249. The second-order valence-electron chi connectivity index (χ2n) is 20.9. The fourth-order valence-corrected chi connectivity index (χ4v) is 15.1. The lowest BCUT2D eigenvalue weighted by molar-refractivity contribution is 0.462. The van der Waals surface area contributed by atoms with E-state index < -0.39 is 10.8 Å². The fraction of sp³-hybridized carbons (Fsp3) is 0.0556. The summed E-state index contributed by atoms with van der Waals surface area (Å²) in [6.45, 7) is 0. The van der Waals surface area contributed by atoms with Crippen LogP contribution in [0.4, 0.5) is 11.4 Å². The summed E-state index contributed by atoms with van der Waals surface area (Å²) >= 11 is 0. The van der Waals surface area contributed by atoms with Gasteiger partial charge in [0.25, 0.3) is 0 Å². The van der Waals surface area contributed by atoms with E-state index in [1.165, 1.54) is 88.7 Å². The molecule has 1 heterocycles. The van der Waals surface area contributed by atoms with Crippen LogP contribution in [0.15, 0.2) is 271 Å². The number of fused-ring (bicyclic) bond motifs is 24. The van der Waals surface area contributed by atoms with Crippen molar-refractivity contribution in [3.05, 3.63) is 311 Å². The zero-order valence-corrected chi connectivity index (χ0v) is 40.3. The molecule has 0 N–H and O–H groups in total. The van der Waals surface area contributed by atoms with Gasteiger partial charge in [-0.05, 0) is 113 Å². The Hall–Kier alpha value is -9.24. The third-order valence-electron chi connectivity index (χ3n) is 17.7. The van der Waals surface area contributed by atoms with Crippen LogP contribution in [-0.4, -0.2) is 0 Å². The Balaban J connectivity index is 0.962. The first-order chi connectivity index (χ1) is 36.7. The van der Waals surface area contributed by atoms with Crippen LogP contribution in [0.1, 0.15) is 50.4 Å². The second-order valence-corrected chi connectivity index (χ2v) is 20.9. The van der Waals surface area contributed by atoms with Crippen LogP contribution in [0.5, 0.6) is 0 Å². The number of furan rings is 1. The number of para-hydroxylation sites is 2. The fourth-order valence-electron chi connectivity index (χ4n) is 15.1. The van der Waals surface area contributed by atoms with E-state index in [1.54, 1.807) is 0 Å². The van der Waals surface area contributed by atoms with Crippen molar-refractivity contribution in [3.63, 3.8) is 0 Å². The quantitative estimate of drug-likeness (QED) is 0.175. The molecule has 0 amide bonds. The highest BCUT2D eigenvalue weighted by atomic mass is 16.3. The van der Waals surface area contributed by atoms with Gasteiger partial charge in [0.1, 0.15) is 11.2 Å². The van der Waals surface area contributed by atoms with E-state index >= 15 is 0 Å². The summed E-state index contributed by atoms with van der Waals surface area (Å²) in [5, 5.41) is 4.62. The van der Waals surface area contributed by atoms with Gasteiger partial charge in [0.05, 0.1) is 22.2 Å². The minimum absolute atomic E-state index is 0.0799. The van der Waals surface area contributed by atoms with Gasteiger partial charge in [0.2, 0.25) is 0 Å². The Morgan fingerprint density at radius 2 is 0.878 bits per heavy atom. The molecular weight excluding hydrogens is 895 g/mol. The smallest absolute Gasteiger partial charge is 0.143 e. The molecule has 2 unspecified atom stereocenters. The Labute approximate surface area is 429 Å². The van der Waals surface area contributed by atoms with Gasteiger partial charge in [-0.15, -0.1) is 0 Å². The number of hydrogen-bond acceptors (Lipinski definition) is 2. The van der Waals surface area contributed by atoms with Crippen molar-refractivity contribution in [3.8, 4) is 44.5 Å². The van der Waals surface area contributed by atoms with Crippen molar-refractivity contribution in [2.75, 3.05) is 4.90 Å². The average Bonchev–Trinajstić information content (AvgIpc) is 4.37. The van der Waals surface area contributed by atoms with Gasteiger partial charge in [-0.2, -0.15) is 0 Å². The molecule has 2 heteroatoms. The monoisotopic (exact) mass is 939 g/mol. The van der Waals surface area contributed by atoms with Crippen molar-refractivity contribution >= 4 is 44.1 Å². The normalized spacial score (nSPS) is 17.2. The molecule has 2 nitrogen and oxygen atoms in total. The SMILES string of the molecule is C1=CC2c3ccccc3C3(c4ccccc4-c4ccccc43)C2C=C1N(c1ccccc1-c1cccc2c1oc1cc3ccccc3cc12)c1cccc2c1-c1ccccc1C21c2ccccc2-c2ccccc21. The first-order valence-corrected chi connectivity index (χ1v) is 26.1. The molecular formula is C72H45NO. The molecule has 2 atom stereocenters. The zero-order chi connectivity index (χ0) is 48.3. The largest absolute Gasteiger partial charge is 0.455 e. The topological polar surface area (TPSA) is 16.4 Å². The molecule has 12 aromatic rings. The first kappa shape index (κ1) is 40.4. The summed E-state index contributed by atoms with van der Waals surface area (Å²) in [6, 6.07) is 91.0. The molecule has 2 spiro atoms. The van der Waals surface area contributed by atoms with E-state index in [1.807, 2.05) is 0 Å². The third-order valence-corrected chi connectivity index (χ3v) is 17.7. The van der Waals surface area contributed by atoms with Crippen LogP contribution in [0.2, 0.25) is 0 Å². The van der Waals surface area contributed by atoms with Crippen LogP contribution in [0, 0.1) is 5.92 Å². The van der Waals surface area contributed by atoms with E-state index in [2.05, 4.69) is 266 Å². The highest BCUT2D eigenvalue weighted by Crippen LogP contribution is 2.68. The minimum atomic E-state index is -0.500. The predicted molar refractivity (Wildman–Crippen MR) is 303 cm³/mol. The second kappa shape index (κ2) is 14.7. The summed E-state index contributed by atoms with van der Waals surface area (Å²) in [4.78, 5) is 2.61. The Morgan fingerprint density at radius 1 is 0.378 bits per heavy atom. The van der Waals surface area contributed by atoms with Crippen molar-refractivity contribution in [1.82, 2.24) is 0 Å². The van der Waals surface area contributed by atoms with Crippen molar-refractivity contribution < 1.29 is 4.42 Å². The molecule has 5 aliphatic carbocycles. The number of rotatable bonds is 4. The lowest BCUT2D eigenvalue weighted by Crippen LogP contribution is -2.34. The van der Waals surface area contributed by atoms with Crippen LogP contribution in [-0.2, 0) is 10.8 Å². The predicted octanol–water partition coefficient (Wildman–Crippen LogP) is 18.1. The standard InChI is InChI=1S/C72H45NO/c1-2-20-45-42-68-57(41-44(45)19-1)55-29-17-28-54(70(55)74-68)53-26-9-16-37-66(53)73(46-39-40-52-51-25-7-14-34-62(51)72(65(52)43-46)60-32-12-5-23-49(60)50-24-6-13-33-61(50)72)67-38-18-36-64-69(67)56-27-8-15-35-63(56)71(64)58-30-10-3-21-47(58)48-22-4-11-31-59(48)71/h1-43,52,65H. The van der Waals surface area contributed by atoms with Crippen LogP contribution >= 0.6 is 0 Å². The van der Waals surface area contributed by atoms with Gasteiger partial charge in [0, 0.05) is 45.0 Å². The molecule has 17 rings (SSSR count). The Morgan fingerprint density at radius 3 is 1.58 bits per heavy atom. The zero-order valence-electron chi connectivity index (χ0n) is 40.3. The summed E-state index contributed by atoms with van der Waals surface area (Å²) in [7, 11) is 0. The molecule has 11 aromatic carbocycles. The van der Waals surface area contributed by atoms with Crippen LogP contribution < -0.4 is 4.90 Å². The van der Waals surface area contributed by atoms with Gasteiger partial charge < -0.3 is 9.32 Å². The van der Waals surface area contributed by atoms with Crippen LogP contribution in [0.3, 0.4) is 0 Å². The summed E-state index contributed by atoms with van der Waals surface area (Å²) in [6.07, 6.45) is 7.62.